The number of hydrogen-bond acceptors (Lipinski definition) is 3. The summed E-state index contributed by atoms with van der Waals surface area (Å²) in [7, 11) is 0. The number of carbonyl (C=O) groups excluding carboxylic acids is 3. The SMILES string of the molecule is Cc1ccc(C(=O)NN2C(=O)[C@@H]3[C@@H](C2=O)C2c4ccccc4C3(C)c3ccccc32)cc1. The molecule has 0 saturated carbocycles. The van der Waals surface area contributed by atoms with Crippen molar-refractivity contribution < 1.29 is 14.4 Å². The topological polar surface area (TPSA) is 66.5 Å². The van der Waals surface area contributed by atoms with Gasteiger partial charge >= 0.3 is 0 Å². The molecule has 7 rings (SSSR count). The van der Waals surface area contributed by atoms with E-state index in [1.807, 2.05) is 43.3 Å². The van der Waals surface area contributed by atoms with E-state index in [1.165, 1.54) is 0 Å². The quantitative estimate of drug-likeness (QED) is 0.641. The van der Waals surface area contributed by atoms with Gasteiger partial charge in [-0.2, -0.15) is 5.01 Å². The Labute approximate surface area is 186 Å². The lowest BCUT2D eigenvalue weighted by atomic mass is 9.48. The summed E-state index contributed by atoms with van der Waals surface area (Å²) in [6.07, 6.45) is 0. The fourth-order valence-corrected chi connectivity index (χ4v) is 6.13. The molecule has 0 spiro atoms. The van der Waals surface area contributed by atoms with Crippen LogP contribution in [0.15, 0.2) is 72.8 Å². The van der Waals surface area contributed by atoms with E-state index in [0.717, 1.165) is 32.8 Å². The highest BCUT2D eigenvalue weighted by Crippen LogP contribution is 2.63. The van der Waals surface area contributed by atoms with Gasteiger partial charge in [-0.05, 0) is 41.3 Å². The van der Waals surface area contributed by atoms with Crippen LogP contribution in [0.3, 0.4) is 0 Å². The van der Waals surface area contributed by atoms with Gasteiger partial charge in [-0.15, -0.1) is 0 Å². The summed E-state index contributed by atoms with van der Waals surface area (Å²) in [6, 6.07) is 23.3. The Balaban J connectivity index is 1.45. The molecule has 1 heterocycles. The third kappa shape index (κ3) is 2.25. The highest BCUT2D eigenvalue weighted by molar-refractivity contribution is 6.10. The smallest absolute Gasteiger partial charge is 0.270 e. The first-order valence-corrected chi connectivity index (χ1v) is 10.9. The van der Waals surface area contributed by atoms with Crippen molar-refractivity contribution in [1.82, 2.24) is 10.4 Å². The van der Waals surface area contributed by atoms with Crippen LogP contribution in [0.2, 0.25) is 0 Å². The van der Waals surface area contributed by atoms with Gasteiger partial charge in [0.25, 0.3) is 17.7 Å². The largest absolute Gasteiger partial charge is 0.272 e. The lowest BCUT2D eigenvalue weighted by Crippen LogP contribution is -2.52. The molecular formula is C27H22N2O3. The molecule has 32 heavy (non-hydrogen) atoms. The number of carbonyl (C=O) groups is 3. The van der Waals surface area contributed by atoms with Crippen molar-refractivity contribution in [2.24, 2.45) is 11.8 Å². The van der Waals surface area contributed by atoms with Crippen molar-refractivity contribution in [3.63, 3.8) is 0 Å². The van der Waals surface area contributed by atoms with Crippen molar-refractivity contribution in [3.8, 4) is 0 Å². The second-order valence-electron chi connectivity index (χ2n) is 9.18. The van der Waals surface area contributed by atoms with Crippen molar-refractivity contribution in [2.75, 3.05) is 0 Å². The Morgan fingerprint density at radius 3 is 2.00 bits per heavy atom. The van der Waals surface area contributed by atoms with Gasteiger partial charge in [0, 0.05) is 16.9 Å². The van der Waals surface area contributed by atoms with Crippen molar-refractivity contribution in [2.45, 2.75) is 25.2 Å². The third-order valence-electron chi connectivity index (χ3n) is 7.57. The molecule has 1 fully saturated rings. The Morgan fingerprint density at radius 2 is 1.41 bits per heavy atom. The Hall–Kier alpha value is -3.73. The van der Waals surface area contributed by atoms with Gasteiger partial charge in [0.2, 0.25) is 0 Å². The minimum Gasteiger partial charge on any atom is -0.272 e. The van der Waals surface area contributed by atoms with Crippen LogP contribution in [0.1, 0.15) is 51.0 Å². The molecule has 158 valence electrons. The van der Waals surface area contributed by atoms with Crippen molar-refractivity contribution in [1.29, 1.82) is 0 Å². The molecule has 3 amide bonds. The Morgan fingerprint density at radius 1 is 0.844 bits per heavy atom. The van der Waals surface area contributed by atoms with E-state index in [0.29, 0.717) is 5.56 Å². The van der Waals surface area contributed by atoms with Gasteiger partial charge in [0.15, 0.2) is 0 Å². The molecule has 1 N–H and O–H groups in total. The first kappa shape index (κ1) is 19.0. The first-order chi connectivity index (χ1) is 15.4. The van der Waals surface area contributed by atoms with Gasteiger partial charge in [0.1, 0.15) is 0 Å². The maximum atomic E-state index is 13.7. The predicted octanol–water partition coefficient (Wildman–Crippen LogP) is 3.71. The van der Waals surface area contributed by atoms with Gasteiger partial charge < -0.3 is 0 Å². The summed E-state index contributed by atoms with van der Waals surface area (Å²) in [4.78, 5) is 40.1. The molecule has 5 heteroatoms. The van der Waals surface area contributed by atoms with Crippen LogP contribution < -0.4 is 5.43 Å². The zero-order chi connectivity index (χ0) is 22.2. The zero-order valence-corrected chi connectivity index (χ0v) is 17.8. The molecule has 0 unspecified atom stereocenters. The number of benzene rings is 3. The number of hydrogen-bond donors (Lipinski definition) is 1. The third-order valence-corrected chi connectivity index (χ3v) is 7.57. The summed E-state index contributed by atoms with van der Waals surface area (Å²) in [6.45, 7) is 4.00. The molecule has 2 bridgehead atoms. The molecule has 3 aliphatic carbocycles. The fraction of sp³-hybridized carbons (Fsp3) is 0.222. The van der Waals surface area contributed by atoms with Crippen LogP contribution in [0, 0.1) is 18.8 Å². The van der Waals surface area contributed by atoms with E-state index < -0.39 is 23.2 Å². The van der Waals surface area contributed by atoms with Crippen LogP contribution >= 0.6 is 0 Å². The minimum atomic E-state index is -0.636. The van der Waals surface area contributed by atoms with E-state index in [1.54, 1.807) is 12.1 Å². The van der Waals surface area contributed by atoms with Crippen LogP contribution in [-0.4, -0.2) is 22.7 Å². The van der Waals surface area contributed by atoms with Gasteiger partial charge in [0.05, 0.1) is 11.8 Å². The van der Waals surface area contributed by atoms with Gasteiger partial charge in [-0.25, -0.2) is 0 Å². The highest BCUT2D eigenvalue weighted by atomic mass is 16.2. The van der Waals surface area contributed by atoms with Crippen LogP contribution in [-0.2, 0) is 15.0 Å². The second-order valence-corrected chi connectivity index (χ2v) is 9.18. The molecule has 0 radical (unpaired) electrons. The summed E-state index contributed by atoms with van der Waals surface area (Å²) < 4.78 is 0. The lowest BCUT2D eigenvalue weighted by molar-refractivity contribution is -0.143. The summed E-state index contributed by atoms with van der Waals surface area (Å²) in [5.74, 6) is -2.42. The molecule has 2 atom stereocenters. The summed E-state index contributed by atoms with van der Waals surface area (Å²) in [5, 5.41) is 0.973. The maximum absolute atomic E-state index is 13.7. The van der Waals surface area contributed by atoms with E-state index in [2.05, 4.69) is 36.6 Å². The number of rotatable bonds is 2. The Kier molecular flexibility index (Phi) is 3.79. The number of nitrogens with zero attached hydrogens (tertiary/aromatic N) is 1. The number of imide groups is 1. The average Bonchev–Trinajstić information content (AvgIpc) is 3.06. The van der Waals surface area contributed by atoms with Gasteiger partial charge in [-0.1, -0.05) is 73.2 Å². The molecule has 3 aromatic carbocycles. The fourth-order valence-electron chi connectivity index (χ4n) is 6.13. The molecular weight excluding hydrogens is 400 g/mol. The monoisotopic (exact) mass is 422 g/mol. The van der Waals surface area contributed by atoms with E-state index in [9.17, 15) is 14.4 Å². The summed E-state index contributed by atoms with van der Waals surface area (Å²) >= 11 is 0. The lowest BCUT2D eigenvalue weighted by Gasteiger charge is -2.52. The normalized spacial score (nSPS) is 27.1. The maximum Gasteiger partial charge on any atom is 0.270 e. The number of amides is 3. The average molecular weight is 422 g/mol. The van der Waals surface area contributed by atoms with Gasteiger partial charge in [-0.3, -0.25) is 19.8 Å². The highest BCUT2D eigenvalue weighted by Gasteiger charge is 2.66. The number of aryl methyl sites for hydroxylation is 1. The molecule has 4 aliphatic rings. The van der Waals surface area contributed by atoms with E-state index >= 15 is 0 Å². The Bertz CT molecular complexity index is 1260. The van der Waals surface area contributed by atoms with Crippen molar-refractivity contribution in [3.05, 3.63) is 106 Å². The predicted molar refractivity (Wildman–Crippen MR) is 119 cm³/mol. The van der Waals surface area contributed by atoms with Crippen LogP contribution in [0.5, 0.6) is 0 Å². The molecule has 1 aliphatic heterocycles. The standard InChI is InChI=1S/C27H22N2O3/c1-15-11-13-16(14-12-15)24(30)28-29-25(31)22-21-17-7-3-5-9-19(17)27(2,23(22)26(29)32)20-10-6-4-8-18(20)21/h3-14,21-23H,1-2H3,(H,28,30)/t21?,22-,23-,27?/m0/s1. The summed E-state index contributed by atoms with van der Waals surface area (Å²) in [5.41, 5.74) is 7.80. The molecule has 3 aromatic rings. The minimum absolute atomic E-state index is 0.202. The molecule has 0 aromatic heterocycles. The van der Waals surface area contributed by atoms with E-state index in [-0.39, 0.29) is 17.7 Å². The van der Waals surface area contributed by atoms with Crippen molar-refractivity contribution >= 4 is 17.7 Å². The first-order valence-electron chi connectivity index (χ1n) is 10.9. The number of nitrogens with one attached hydrogen (secondary N) is 1. The zero-order valence-electron chi connectivity index (χ0n) is 17.8. The van der Waals surface area contributed by atoms with Crippen LogP contribution in [0.25, 0.3) is 0 Å². The molecule has 1 saturated heterocycles. The number of hydrazine groups is 1. The second kappa shape index (κ2) is 6.39. The molecule has 5 nitrogen and oxygen atoms in total. The van der Waals surface area contributed by atoms with Crippen LogP contribution in [0.4, 0.5) is 0 Å². The van der Waals surface area contributed by atoms with E-state index in [4.69, 9.17) is 0 Å².